The Morgan fingerprint density at radius 2 is 1.64 bits per heavy atom. The highest BCUT2D eigenvalue weighted by Gasteiger charge is 2.25. The van der Waals surface area contributed by atoms with Gasteiger partial charge in [0.1, 0.15) is 5.75 Å². The maximum Gasteiger partial charge on any atom is 0.258 e. The lowest BCUT2D eigenvalue weighted by atomic mass is 9.79. The molecule has 0 fully saturated rings. The lowest BCUT2D eigenvalue weighted by Crippen LogP contribution is -2.32. The highest BCUT2D eigenvalue weighted by molar-refractivity contribution is 6.06. The number of carbonyl (C=O) groups is 1. The predicted octanol–water partition coefficient (Wildman–Crippen LogP) is 5.33. The Morgan fingerprint density at radius 1 is 0.964 bits per heavy atom. The van der Waals surface area contributed by atoms with Crippen LogP contribution in [0.4, 0.5) is 5.69 Å². The van der Waals surface area contributed by atoms with Gasteiger partial charge in [-0.1, -0.05) is 42.5 Å². The lowest BCUT2D eigenvalue weighted by molar-refractivity contribution is 0.0988. The molecule has 0 radical (unpaired) electrons. The summed E-state index contributed by atoms with van der Waals surface area (Å²) in [4.78, 5) is 15.0. The molecule has 3 heteroatoms. The first-order chi connectivity index (χ1) is 13.7. The highest BCUT2D eigenvalue weighted by atomic mass is 16.3. The number of amides is 1. The van der Waals surface area contributed by atoms with Crippen LogP contribution < -0.4 is 4.90 Å². The van der Waals surface area contributed by atoms with Crippen molar-refractivity contribution in [3.63, 3.8) is 0 Å². The van der Waals surface area contributed by atoms with Crippen LogP contribution in [0, 0.1) is 0 Å². The van der Waals surface area contributed by atoms with Crippen molar-refractivity contribution in [3.8, 4) is 5.75 Å². The molecule has 0 unspecified atom stereocenters. The molecule has 0 aliphatic heterocycles. The van der Waals surface area contributed by atoms with Crippen LogP contribution in [0.1, 0.15) is 46.3 Å². The average molecular weight is 371 g/mol. The molecule has 0 saturated heterocycles. The van der Waals surface area contributed by atoms with Crippen LogP contribution in [0.2, 0.25) is 0 Å². The van der Waals surface area contributed by atoms with Crippen LogP contribution in [0.25, 0.3) is 0 Å². The van der Waals surface area contributed by atoms with E-state index >= 15 is 0 Å². The summed E-state index contributed by atoms with van der Waals surface area (Å²) in [5, 5.41) is 9.52. The zero-order valence-corrected chi connectivity index (χ0v) is 16.1. The van der Waals surface area contributed by atoms with E-state index in [2.05, 4.69) is 42.5 Å². The van der Waals surface area contributed by atoms with Gasteiger partial charge in [-0.05, 0) is 79.1 Å². The highest BCUT2D eigenvalue weighted by Crippen LogP contribution is 2.37. The summed E-state index contributed by atoms with van der Waals surface area (Å²) in [6, 6.07) is 23.4. The zero-order chi connectivity index (χ0) is 19.5. The Morgan fingerprint density at radius 3 is 2.39 bits per heavy atom. The number of aryl methyl sites for hydroxylation is 1. The number of carbonyl (C=O) groups excluding carboxylic acids is 1. The summed E-state index contributed by atoms with van der Waals surface area (Å²) in [5.74, 6) is 0.541. The number of fused-ring (bicyclic) bond motifs is 1. The SMILES string of the molecule is CCN(C(=O)c1ccc(O)cc1)c1ccccc1[C@H]1CCc2ccccc2C1. The molecular formula is C25H25NO2. The monoisotopic (exact) mass is 371 g/mol. The van der Waals surface area contributed by atoms with Crippen LogP contribution in [-0.2, 0) is 12.8 Å². The minimum Gasteiger partial charge on any atom is -0.508 e. The van der Waals surface area contributed by atoms with E-state index in [9.17, 15) is 9.90 Å². The van der Waals surface area contributed by atoms with Crippen molar-refractivity contribution in [2.45, 2.75) is 32.1 Å². The van der Waals surface area contributed by atoms with Gasteiger partial charge in [-0.25, -0.2) is 0 Å². The Hall–Kier alpha value is -3.07. The van der Waals surface area contributed by atoms with Gasteiger partial charge in [-0.15, -0.1) is 0 Å². The first kappa shape index (κ1) is 18.3. The summed E-state index contributed by atoms with van der Waals surface area (Å²) in [6.45, 7) is 2.60. The van der Waals surface area contributed by atoms with Gasteiger partial charge in [0.05, 0.1) is 0 Å². The van der Waals surface area contributed by atoms with Crippen molar-refractivity contribution in [3.05, 3.63) is 95.1 Å². The molecule has 4 rings (SSSR count). The van der Waals surface area contributed by atoms with E-state index in [4.69, 9.17) is 0 Å². The van der Waals surface area contributed by atoms with Crippen LogP contribution >= 0.6 is 0 Å². The summed E-state index contributed by atoms with van der Waals surface area (Å²) < 4.78 is 0. The van der Waals surface area contributed by atoms with E-state index in [0.717, 1.165) is 24.9 Å². The zero-order valence-electron chi connectivity index (χ0n) is 16.1. The standard InChI is InChI=1S/C25H25NO2/c1-2-26(25(28)19-13-15-22(27)16-14-19)24-10-6-5-9-23(24)21-12-11-18-7-3-4-8-20(18)17-21/h3-10,13-16,21,27H,2,11-12,17H2,1H3/t21-/m0/s1. The number of aromatic hydroxyl groups is 1. The van der Waals surface area contributed by atoms with Gasteiger partial charge >= 0.3 is 0 Å². The molecule has 1 amide bonds. The topological polar surface area (TPSA) is 40.5 Å². The molecular weight excluding hydrogens is 346 g/mol. The van der Waals surface area contributed by atoms with Crippen molar-refractivity contribution >= 4 is 11.6 Å². The Balaban J connectivity index is 1.67. The number of benzene rings is 3. The van der Waals surface area contributed by atoms with E-state index < -0.39 is 0 Å². The van der Waals surface area contributed by atoms with Crippen LogP contribution in [0.15, 0.2) is 72.8 Å². The summed E-state index contributed by atoms with van der Waals surface area (Å²) in [6.07, 6.45) is 3.18. The molecule has 0 heterocycles. The molecule has 3 aromatic carbocycles. The third-order valence-electron chi connectivity index (χ3n) is 5.69. The third kappa shape index (κ3) is 3.53. The average Bonchev–Trinajstić information content (AvgIpc) is 2.75. The number of phenols is 1. The molecule has 0 saturated carbocycles. The number of hydrogen-bond donors (Lipinski definition) is 1. The normalized spacial score (nSPS) is 15.7. The molecule has 0 aromatic heterocycles. The summed E-state index contributed by atoms with van der Waals surface area (Å²) in [5.41, 5.74) is 5.69. The molecule has 0 bridgehead atoms. The quantitative estimate of drug-likeness (QED) is 0.673. The van der Waals surface area contributed by atoms with Gasteiger partial charge in [-0.3, -0.25) is 4.79 Å². The fourth-order valence-corrected chi connectivity index (χ4v) is 4.22. The Labute approximate surface area is 166 Å². The van der Waals surface area contributed by atoms with Crippen molar-refractivity contribution in [1.29, 1.82) is 0 Å². The van der Waals surface area contributed by atoms with E-state index in [0.29, 0.717) is 18.0 Å². The molecule has 1 aliphatic carbocycles. The van der Waals surface area contributed by atoms with Crippen LogP contribution in [-0.4, -0.2) is 17.6 Å². The lowest BCUT2D eigenvalue weighted by Gasteiger charge is -2.30. The number of rotatable bonds is 4. The van der Waals surface area contributed by atoms with Crippen molar-refractivity contribution < 1.29 is 9.90 Å². The maximum atomic E-state index is 13.2. The van der Waals surface area contributed by atoms with E-state index in [1.807, 2.05) is 17.9 Å². The largest absolute Gasteiger partial charge is 0.508 e. The van der Waals surface area contributed by atoms with Crippen molar-refractivity contribution in [2.24, 2.45) is 0 Å². The fraction of sp³-hybridized carbons (Fsp3) is 0.240. The summed E-state index contributed by atoms with van der Waals surface area (Å²) >= 11 is 0. The van der Waals surface area contributed by atoms with Gasteiger partial charge in [0.15, 0.2) is 0 Å². The smallest absolute Gasteiger partial charge is 0.258 e. The number of phenolic OH excluding ortho intramolecular Hbond substituents is 1. The molecule has 28 heavy (non-hydrogen) atoms. The number of para-hydroxylation sites is 1. The first-order valence-corrected chi connectivity index (χ1v) is 9.94. The van der Waals surface area contributed by atoms with E-state index in [-0.39, 0.29) is 11.7 Å². The predicted molar refractivity (Wildman–Crippen MR) is 113 cm³/mol. The van der Waals surface area contributed by atoms with Crippen LogP contribution in [0.3, 0.4) is 0 Å². The van der Waals surface area contributed by atoms with Crippen LogP contribution in [0.5, 0.6) is 5.75 Å². The molecule has 3 aromatic rings. The summed E-state index contributed by atoms with van der Waals surface area (Å²) in [7, 11) is 0. The van der Waals surface area contributed by atoms with Crippen molar-refractivity contribution in [2.75, 3.05) is 11.4 Å². The second-order valence-corrected chi connectivity index (χ2v) is 7.36. The molecule has 142 valence electrons. The minimum absolute atomic E-state index is 0.0360. The molecule has 1 aliphatic rings. The second-order valence-electron chi connectivity index (χ2n) is 7.36. The number of hydrogen-bond acceptors (Lipinski definition) is 2. The first-order valence-electron chi connectivity index (χ1n) is 9.94. The Bertz CT molecular complexity index is 978. The third-order valence-corrected chi connectivity index (χ3v) is 5.69. The second kappa shape index (κ2) is 7.89. The Kier molecular flexibility index (Phi) is 5.16. The number of nitrogens with zero attached hydrogens (tertiary/aromatic N) is 1. The molecule has 1 atom stereocenters. The number of anilines is 1. The van der Waals surface area contributed by atoms with Gasteiger partial charge < -0.3 is 10.0 Å². The molecule has 3 nitrogen and oxygen atoms in total. The fourth-order valence-electron chi connectivity index (χ4n) is 4.22. The van der Waals surface area contributed by atoms with Gasteiger partial charge in [-0.2, -0.15) is 0 Å². The molecule has 1 N–H and O–H groups in total. The molecule has 0 spiro atoms. The van der Waals surface area contributed by atoms with Crippen molar-refractivity contribution in [1.82, 2.24) is 0 Å². The maximum absolute atomic E-state index is 13.2. The van der Waals surface area contributed by atoms with Gasteiger partial charge in [0.25, 0.3) is 5.91 Å². The van der Waals surface area contributed by atoms with Gasteiger partial charge in [0, 0.05) is 17.8 Å². The van der Waals surface area contributed by atoms with E-state index in [1.165, 1.54) is 16.7 Å². The minimum atomic E-state index is -0.0360. The van der Waals surface area contributed by atoms with E-state index in [1.54, 1.807) is 24.3 Å². The van der Waals surface area contributed by atoms with Gasteiger partial charge in [0.2, 0.25) is 0 Å².